The molecule has 0 aliphatic carbocycles. The molecule has 66 valence electrons. The van der Waals surface area contributed by atoms with Gasteiger partial charge in [-0.2, -0.15) is 0 Å². The van der Waals surface area contributed by atoms with Gasteiger partial charge in [0.25, 0.3) is 0 Å². The van der Waals surface area contributed by atoms with Crippen LogP contribution in [0.2, 0.25) is 5.28 Å². The molecule has 1 heterocycles. The quantitative estimate of drug-likeness (QED) is 0.739. The lowest BCUT2D eigenvalue weighted by molar-refractivity contribution is 0.194. The maximum absolute atomic E-state index is 10.0. The van der Waals surface area contributed by atoms with Crippen LogP contribution in [0.4, 0.5) is 4.79 Å². The second-order valence-electron chi connectivity index (χ2n) is 2.12. The Balaban J connectivity index is 2.33. The normalized spacial score (nSPS) is 9.75. The van der Waals surface area contributed by atoms with E-state index in [4.69, 9.17) is 16.7 Å². The van der Waals surface area contributed by atoms with Crippen LogP contribution < -0.4 is 5.32 Å². The number of carboxylic acid groups (broad SMARTS) is 1. The summed E-state index contributed by atoms with van der Waals surface area (Å²) in [5.74, 6) is 0. The molecule has 0 aromatic carbocycles. The molecule has 1 amide bonds. The number of rotatable bonds is 3. The van der Waals surface area contributed by atoms with Gasteiger partial charge in [-0.05, 0) is 11.6 Å². The number of nitrogens with zero attached hydrogens (tertiary/aromatic N) is 2. The van der Waals surface area contributed by atoms with Gasteiger partial charge in [0.15, 0.2) is 0 Å². The van der Waals surface area contributed by atoms with Gasteiger partial charge in [0.2, 0.25) is 5.28 Å². The molecule has 6 heteroatoms. The van der Waals surface area contributed by atoms with Gasteiger partial charge in [0.1, 0.15) is 0 Å². The second kappa shape index (κ2) is 3.96. The highest BCUT2D eigenvalue weighted by atomic mass is 35.5. The predicted octanol–water partition coefficient (Wildman–Crippen LogP) is 0.804. The fourth-order valence-electron chi connectivity index (χ4n) is 0.761. The van der Waals surface area contributed by atoms with Crippen LogP contribution in [0, 0.1) is 0 Å². The van der Waals surface area contributed by atoms with Crippen molar-refractivity contribution in [2.45, 2.75) is 6.54 Å². The molecule has 2 N–H and O–H groups in total. The second-order valence-corrected chi connectivity index (χ2v) is 2.46. The van der Waals surface area contributed by atoms with Crippen LogP contribution in [0.5, 0.6) is 0 Å². The van der Waals surface area contributed by atoms with Crippen LogP contribution in [0.1, 0.15) is 0 Å². The van der Waals surface area contributed by atoms with E-state index in [2.05, 4.69) is 10.3 Å². The first-order valence-electron chi connectivity index (χ1n) is 3.33. The number of hydrogen-bond acceptors (Lipinski definition) is 2. The number of amides is 1. The zero-order valence-corrected chi connectivity index (χ0v) is 6.95. The Hall–Kier alpha value is -1.23. The molecule has 1 aromatic rings. The molecular formula is C6H8ClN3O2. The fraction of sp³-hybridized carbons (Fsp3) is 0.333. The van der Waals surface area contributed by atoms with E-state index in [0.29, 0.717) is 18.4 Å². The van der Waals surface area contributed by atoms with Crippen molar-refractivity contribution >= 4 is 17.7 Å². The summed E-state index contributed by atoms with van der Waals surface area (Å²) >= 11 is 5.63. The lowest BCUT2D eigenvalue weighted by Crippen LogP contribution is -2.25. The molecule has 0 saturated heterocycles. The van der Waals surface area contributed by atoms with Crippen molar-refractivity contribution in [3.8, 4) is 0 Å². The van der Waals surface area contributed by atoms with Crippen LogP contribution in [0.15, 0.2) is 12.4 Å². The van der Waals surface area contributed by atoms with Crippen molar-refractivity contribution in [3.05, 3.63) is 17.7 Å². The summed E-state index contributed by atoms with van der Waals surface area (Å²) in [4.78, 5) is 13.8. The molecule has 0 aliphatic heterocycles. The largest absolute Gasteiger partial charge is 0.465 e. The number of hydrogen-bond donors (Lipinski definition) is 2. The minimum atomic E-state index is -1.04. The Bertz CT molecular complexity index is 274. The maximum Gasteiger partial charge on any atom is 0.404 e. The number of carbonyl (C=O) groups is 1. The van der Waals surface area contributed by atoms with Crippen LogP contribution in [-0.4, -0.2) is 27.3 Å². The molecule has 0 spiro atoms. The van der Waals surface area contributed by atoms with Crippen molar-refractivity contribution in [3.63, 3.8) is 0 Å². The Morgan fingerprint density at radius 1 is 1.83 bits per heavy atom. The van der Waals surface area contributed by atoms with Crippen molar-refractivity contribution in [1.29, 1.82) is 0 Å². The van der Waals surface area contributed by atoms with Gasteiger partial charge in [-0.15, -0.1) is 0 Å². The summed E-state index contributed by atoms with van der Waals surface area (Å²) in [6, 6.07) is 0. The summed E-state index contributed by atoms with van der Waals surface area (Å²) in [6.07, 6.45) is 2.21. The average Bonchev–Trinajstić information content (AvgIpc) is 2.36. The highest BCUT2D eigenvalue weighted by Crippen LogP contribution is 2.02. The third kappa shape index (κ3) is 2.43. The van der Waals surface area contributed by atoms with Crippen molar-refractivity contribution in [2.75, 3.05) is 6.54 Å². The van der Waals surface area contributed by atoms with E-state index < -0.39 is 6.09 Å². The van der Waals surface area contributed by atoms with E-state index in [-0.39, 0.29) is 0 Å². The highest BCUT2D eigenvalue weighted by molar-refractivity contribution is 6.28. The van der Waals surface area contributed by atoms with Crippen molar-refractivity contribution in [1.82, 2.24) is 14.9 Å². The summed E-state index contributed by atoms with van der Waals surface area (Å²) in [7, 11) is 0. The van der Waals surface area contributed by atoms with E-state index >= 15 is 0 Å². The first-order valence-corrected chi connectivity index (χ1v) is 3.71. The van der Waals surface area contributed by atoms with Crippen LogP contribution in [0.25, 0.3) is 0 Å². The monoisotopic (exact) mass is 189 g/mol. The Morgan fingerprint density at radius 2 is 2.58 bits per heavy atom. The number of nitrogens with one attached hydrogen (secondary N) is 1. The SMILES string of the molecule is O=C(O)NCCn1ccnc1Cl. The van der Waals surface area contributed by atoms with E-state index in [1.807, 2.05) is 0 Å². The Kier molecular flexibility index (Phi) is 2.93. The molecule has 0 bridgehead atoms. The molecule has 0 radical (unpaired) electrons. The van der Waals surface area contributed by atoms with Gasteiger partial charge in [0, 0.05) is 25.5 Å². The third-order valence-electron chi connectivity index (χ3n) is 1.29. The third-order valence-corrected chi connectivity index (χ3v) is 1.61. The summed E-state index contributed by atoms with van der Waals surface area (Å²) in [5, 5.41) is 10.8. The van der Waals surface area contributed by atoms with E-state index in [1.165, 1.54) is 0 Å². The van der Waals surface area contributed by atoms with Gasteiger partial charge in [0.05, 0.1) is 0 Å². The standard InChI is InChI=1S/C6H8ClN3O2/c7-5-8-1-3-10(5)4-2-9-6(11)12/h1,3,9H,2,4H2,(H,11,12). The zero-order chi connectivity index (χ0) is 8.97. The molecular weight excluding hydrogens is 182 g/mol. The molecule has 1 rings (SSSR count). The minimum absolute atomic E-state index is 0.325. The van der Waals surface area contributed by atoms with Gasteiger partial charge >= 0.3 is 6.09 Å². The predicted molar refractivity (Wildman–Crippen MR) is 43.3 cm³/mol. The van der Waals surface area contributed by atoms with Gasteiger partial charge in [-0.3, -0.25) is 0 Å². The molecule has 0 atom stereocenters. The molecule has 0 fully saturated rings. The lowest BCUT2D eigenvalue weighted by atomic mass is 10.6. The molecule has 0 unspecified atom stereocenters. The van der Waals surface area contributed by atoms with Crippen molar-refractivity contribution in [2.24, 2.45) is 0 Å². The van der Waals surface area contributed by atoms with Crippen LogP contribution in [0.3, 0.4) is 0 Å². The molecule has 1 aromatic heterocycles. The minimum Gasteiger partial charge on any atom is -0.465 e. The zero-order valence-electron chi connectivity index (χ0n) is 6.20. The van der Waals surface area contributed by atoms with Gasteiger partial charge in [-0.1, -0.05) is 0 Å². The average molecular weight is 190 g/mol. The smallest absolute Gasteiger partial charge is 0.404 e. The summed E-state index contributed by atoms with van der Waals surface area (Å²) in [6.45, 7) is 0.816. The van der Waals surface area contributed by atoms with Crippen LogP contribution >= 0.6 is 11.6 Å². The topological polar surface area (TPSA) is 67.2 Å². The van der Waals surface area contributed by atoms with Gasteiger partial charge in [-0.25, -0.2) is 9.78 Å². The van der Waals surface area contributed by atoms with Gasteiger partial charge < -0.3 is 15.0 Å². The summed E-state index contributed by atoms with van der Waals surface area (Å²) < 4.78 is 1.65. The molecule has 0 aliphatic rings. The van der Waals surface area contributed by atoms with E-state index in [9.17, 15) is 4.79 Å². The molecule has 0 saturated carbocycles. The maximum atomic E-state index is 10.0. The number of imidazole rings is 1. The summed E-state index contributed by atoms with van der Waals surface area (Å²) in [5.41, 5.74) is 0. The Labute approximate surface area is 74.0 Å². The molecule has 12 heavy (non-hydrogen) atoms. The highest BCUT2D eigenvalue weighted by Gasteiger charge is 1.98. The lowest BCUT2D eigenvalue weighted by Gasteiger charge is -2.02. The number of aromatic nitrogens is 2. The first kappa shape index (κ1) is 8.86. The van der Waals surface area contributed by atoms with E-state index in [0.717, 1.165) is 0 Å². The van der Waals surface area contributed by atoms with Crippen LogP contribution in [-0.2, 0) is 6.54 Å². The van der Waals surface area contributed by atoms with Crippen molar-refractivity contribution < 1.29 is 9.90 Å². The number of halogens is 1. The van der Waals surface area contributed by atoms with E-state index in [1.54, 1.807) is 17.0 Å². The first-order chi connectivity index (χ1) is 5.70. The molecule has 5 nitrogen and oxygen atoms in total. The fourth-order valence-corrected chi connectivity index (χ4v) is 0.958. The Morgan fingerprint density at radius 3 is 3.08 bits per heavy atom.